The van der Waals surface area contributed by atoms with Crippen LogP contribution in [0, 0.1) is 6.54 Å². The number of amides is 1. The van der Waals surface area contributed by atoms with Gasteiger partial charge in [-0.05, 0) is 24.6 Å². The lowest BCUT2D eigenvalue weighted by Crippen LogP contribution is -2.29. The second kappa shape index (κ2) is 6.64. The Morgan fingerprint density at radius 1 is 1.39 bits per heavy atom. The van der Waals surface area contributed by atoms with E-state index in [0.717, 1.165) is 19.5 Å². The van der Waals surface area contributed by atoms with E-state index in [1.165, 1.54) is 0 Å². The van der Waals surface area contributed by atoms with Gasteiger partial charge in [-0.1, -0.05) is 11.6 Å². The molecular weight excluding hydrogens is 228 g/mol. The highest BCUT2D eigenvalue weighted by atomic mass is 16.1. The van der Waals surface area contributed by atoms with E-state index in [1.54, 1.807) is 17.4 Å². The maximum atomic E-state index is 11.8. The van der Waals surface area contributed by atoms with Crippen LogP contribution in [-0.2, 0) is 4.79 Å². The van der Waals surface area contributed by atoms with Crippen molar-refractivity contribution in [2.75, 3.05) is 19.6 Å². The van der Waals surface area contributed by atoms with E-state index >= 15 is 0 Å². The lowest BCUT2D eigenvalue weighted by atomic mass is 10.1. The standard InChI is InChI=1S/C13H23N4O/c1-5-14-7-6-8-15-12(18)11-9-16-17(10-11)13(2,3)4/h9-10,14H,5-8H2,1-4H3/p+1. The molecule has 1 rings (SSSR count). The Labute approximate surface area is 109 Å². The van der Waals surface area contributed by atoms with E-state index in [-0.39, 0.29) is 11.4 Å². The van der Waals surface area contributed by atoms with Crippen molar-refractivity contribution >= 4 is 5.91 Å². The van der Waals surface area contributed by atoms with Gasteiger partial charge in [0.25, 0.3) is 5.91 Å². The molecule has 5 heteroatoms. The number of rotatable bonds is 6. The molecule has 0 aromatic carbocycles. The Morgan fingerprint density at radius 3 is 2.67 bits per heavy atom. The highest BCUT2D eigenvalue weighted by Gasteiger charge is 2.31. The first-order valence-electron chi connectivity index (χ1n) is 6.49. The summed E-state index contributed by atoms with van der Waals surface area (Å²) >= 11 is 0. The molecule has 0 saturated carbocycles. The summed E-state index contributed by atoms with van der Waals surface area (Å²) in [5, 5.41) is 10.3. The van der Waals surface area contributed by atoms with E-state index in [2.05, 4.69) is 43.4 Å². The number of hydrogen-bond acceptors (Lipinski definition) is 3. The first-order chi connectivity index (χ1) is 8.45. The number of nitrogens with one attached hydrogen (secondary N) is 2. The maximum absolute atomic E-state index is 11.8. The molecule has 1 amide bonds. The van der Waals surface area contributed by atoms with Crippen LogP contribution in [0.3, 0.4) is 0 Å². The predicted octanol–water partition coefficient (Wildman–Crippen LogP) is 1.42. The van der Waals surface area contributed by atoms with E-state index in [9.17, 15) is 4.79 Å². The van der Waals surface area contributed by atoms with Gasteiger partial charge in [-0.2, -0.15) is 0 Å². The fourth-order valence-electron chi connectivity index (χ4n) is 1.50. The molecule has 5 nitrogen and oxygen atoms in total. The minimum atomic E-state index is -0.0937. The molecule has 0 atom stereocenters. The number of hydrogen-bond donors (Lipinski definition) is 2. The molecule has 2 N–H and O–H groups in total. The van der Waals surface area contributed by atoms with E-state index in [0.29, 0.717) is 12.1 Å². The smallest absolute Gasteiger partial charge is 0.255 e. The SMILES string of the molecule is CCNCCCNC(=O)C1=C[N+](C(C)(C)C)=N[CH]1. The van der Waals surface area contributed by atoms with Crippen LogP contribution in [0.1, 0.15) is 34.1 Å². The van der Waals surface area contributed by atoms with E-state index in [1.807, 2.05) is 0 Å². The van der Waals surface area contributed by atoms with Gasteiger partial charge in [-0.15, -0.1) is 0 Å². The van der Waals surface area contributed by atoms with Crippen LogP contribution >= 0.6 is 0 Å². The van der Waals surface area contributed by atoms with Gasteiger partial charge < -0.3 is 10.6 Å². The van der Waals surface area contributed by atoms with Crippen molar-refractivity contribution in [3.63, 3.8) is 0 Å². The second-order valence-corrected chi connectivity index (χ2v) is 5.31. The van der Waals surface area contributed by atoms with Crippen LogP contribution in [0.25, 0.3) is 0 Å². The molecule has 0 unspecified atom stereocenters. The molecule has 101 valence electrons. The zero-order valence-corrected chi connectivity index (χ0v) is 11.8. The molecule has 0 spiro atoms. The van der Waals surface area contributed by atoms with Crippen molar-refractivity contribution in [2.24, 2.45) is 5.11 Å². The van der Waals surface area contributed by atoms with Crippen LogP contribution in [0.15, 0.2) is 16.9 Å². The summed E-state index contributed by atoms with van der Waals surface area (Å²) in [5.74, 6) is -0.0537. The zero-order valence-electron chi connectivity index (χ0n) is 11.8. The molecule has 1 aliphatic heterocycles. The number of azo groups is 2. The molecule has 0 fully saturated rings. The summed E-state index contributed by atoms with van der Waals surface area (Å²) in [4.78, 5) is 11.8. The summed E-state index contributed by atoms with van der Waals surface area (Å²) in [6, 6.07) is 0. The molecule has 1 aliphatic rings. The Kier molecular flexibility index (Phi) is 5.47. The number of carbonyl (C=O) groups excluding carboxylic acids is 1. The molecule has 0 bridgehead atoms. The number of nitrogens with zero attached hydrogens (tertiary/aromatic N) is 2. The first-order valence-corrected chi connectivity index (χ1v) is 6.49. The average molecular weight is 252 g/mol. The van der Waals surface area contributed by atoms with Crippen molar-refractivity contribution in [3.05, 3.63) is 18.3 Å². The highest BCUT2D eigenvalue weighted by molar-refractivity contribution is 5.95. The van der Waals surface area contributed by atoms with Gasteiger partial charge in [-0.25, -0.2) is 0 Å². The van der Waals surface area contributed by atoms with Gasteiger partial charge in [0.1, 0.15) is 5.57 Å². The highest BCUT2D eigenvalue weighted by Crippen LogP contribution is 2.18. The van der Waals surface area contributed by atoms with Crippen molar-refractivity contribution < 1.29 is 9.49 Å². The average Bonchev–Trinajstić information content (AvgIpc) is 2.77. The summed E-state index contributed by atoms with van der Waals surface area (Å²) in [7, 11) is 0. The molecule has 0 aliphatic carbocycles. The van der Waals surface area contributed by atoms with Gasteiger partial charge in [-0.3, -0.25) is 4.79 Å². The molecule has 0 aromatic heterocycles. The number of carbonyl (C=O) groups is 1. The van der Waals surface area contributed by atoms with Crippen LogP contribution in [0.2, 0.25) is 0 Å². The third-order valence-corrected chi connectivity index (χ3v) is 2.60. The van der Waals surface area contributed by atoms with Gasteiger partial charge in [0, 0.05) is 27.3 Å². The lowest BCUT2D eigenvalue weighted by Gasteiger charge is -2.08. The lowest BCUT2D eigenvalue weighted by molar-refractivity contribution is -0.591. The Hall–Kier alpha value is -1.23. The van der Waals surface area contributed by atoms with Crippen molar-refractivity contribution in [1.82, 2.24) is 10.6 Å². The molecule has 1 heterocycles. The maximum Gasteiger partial charge on any atom is 0.255 e. The van der Waals surface area contributed by atoms with Crippen molar-refractivity contribution in [1.29, 1.82) is 0 Å². The topological polar surface area (TPSA) is 56.5 Å². The van der Waals surface area contributed by atoms with Crippen LogP contribution in [0.5, 0.6) is 0 Å². The molecule has 18 heavy (non-hydrogen) atoms. The monoisotopic (exact) mass is 252 g/mol. The quantitative estimate of drug-likeness (QED) is 0.555. The van der Waals surface area contributed by atoms with Crippen LogP contribution < -0.4 is 10.6 Å². The van der Waals surface area contributed by atoms with E-state index < -0.39 is 0 Å². The third-order valence-electron chi connectivity index (χ3n) is 2.60. The Balaban J connectivity index is 2.33. The van der Waals surface area contributed by atoms with Crippen LogP contribution in [0.4, 0.5) is 0 Å². The summed E-state index contributed by atoms with van der Waals surface area (Å²) in [5.41, 5.74) is 0.525. The van der Waals surface area contributed by atoms with Gasteiger partial charge in [0.15, 0.2) is 12.1 Å². The molecule has 0 aromatic rings. The first kappa shape index (κ1) is 14.8. The van der Waals surface area contributed by atoms with Gasteiger partial charge in [0.2, 0.25) is 6.20 Å². The predicted molar refractivity (Wildman–Crippen MR) is 71.0 cm³/mol. The third kappa shape index (κ3) is 4.56. The van der Waals surface area contributed by atoms with Gasteiger partial charge >= 0.3 is 0 Å². The Bertz CT molecular complexity index is 352. The minimum Gasteiger partial charge on any atom is -0.352 e. The fourth-order valence-corrected chi connectivity index (χ4v) is 1.50. The summed E-state index contributed by atoms with van der Waals surface area (Å²) in [6.45, 7) is 12.4. The largest absolute Gasteiger partial charge is 0.352 e. The molecular formula is C13H24N4O+. The fraction of sp³-hybridized carbons (Fsp3) is 0.692. The van der Waals surface area contributed by atoms with Crippen LogP contribution in [-0.4, -0.2) is 35.8 Å². The summed E-state index contributed by atoms with van der Waals surface area (Å²) < 4.78 is 1.81. The Morgan fingerprint density at radius 2 is 2.11 bits per heavy atom. The van der Waals surface area contributed by atoms with E-state index in [4.69, 9.17) is 0 Å². The molecule has 1 radical (unpaired) electrons. The summed E-state index contributed by atoms with van der Waals surface area (Å²) in [6.07, 6.45) is 2.73. The second-order valence-electron chi connectivity index (χ2n) is 5.31. The van der Waals surface area contributed by atoms with Gasteiger partial charge in [0.05, 0.1) is 0 Å². The zero-order chi connectivity index (χ0) is 13.6. The molecule has 0 saturated heterocycles. The normalized spacial score (nSPS) is 15.3. The van der Waals surface area contributed by atoms with Crippen molar-refractivity contribution in [2.45, 2.75) is 39.7 Å². The minimum absolute atomic E-state index is 0.0537. The van der Waals surface area contributed by atoms with Crippen molar-refractivity contribution in [3.8, 4) is 0 Å².